The first kappa shape index (κ1) is 24.7. The van der Waals surface area contributed by atoms with E-state index in [1.165, 1.54) is 0 Å². The molecule has 162 valence electrons. The zero-order valence-corrected chi connectivity index (χ0v) is 17.4. The fraction of sp³-hybridized carbons (Fsp3) is 0.864. The Balaban J connectivity index is 2.35. The Morgan fingerprint density at radius 1 is 1.07 bits per heavy atom. The topological polar surface area (TPSA) is 71.4 Å². The van der Waals surface area contributed by atoms with E-state index in [9.17, 15) is 23.2 Å². The van der Waals surface area contributed by atoms with E-state index in [0.717, 1.165) is 25.7 Å². The lowest BCUT2D eigenvalue weighted by Gasteiger charge is -2.20. The summed E-state index contributed by atoms with van der Waals surface area (Å²) in [5.41, 5.74) is 0. The van der Waals surface area contributed by atoms with E-state index in [4.69, 9.17) is 5.11 Å². The maximum absolute atomic E-state index is 14.0. The number of ketones is 2. The molecule has 1 saturated carbocycles. The number of carbonyl (C=O) groups excluding carboxylic acids is 2. The normalized spacial score (nSPS) is 20.1. The Morgan fingerprint density at radius 3 is 2.39 bits per heavy atom. The van der Waals surface area contributed by atoms with Crippen LogP contribution in [0.4, 0.5) is 8.78 Å². The highest BCUT2D eigenvalue weighted by atomic mass is 19.3. The summed E-state index contributed by atoms with van der Waals surface area (Å²) in [4.78, 5) is 34.6. The summed E-state index contributed by atoms with van der Waals surface area (Å²) in [6.07, 6.45) is 6.09. The van der Waals surface area contributed by atoms with Crippen LogP contribution in [0.3, 0.4) is 0 Å². The van der Waals surface area contributed by atoms with E-state index < -0.39 is 17.7 Å². The minimum Gasteiger partial charge on any atom is -0.481 e. The quantitative estimate of drug-likeness (QED) is 0.350. The lowest BCUT2D eigenvalue weighted by molar-refractivity contribution is -0.144. The summed E-state index contributed by atoms with van der Waals surface area (Å²) in [5, 5.41) is 8.62. The SMILES string of the molecule is CC(C)CCCC(F)(F)C(=O)CC[C@H]1CCC(=O)[C@@H]1CCCCCCC(=O)O. The third-order valence-electron chi connectivity index (χ3n) is 5.82. The molecule has 0 radical (unpaired) electrons. The van der Waals surface area contributed by atoms with E-state index in [-0.39, 0.29) is 36.9 Å². The third-order valence-corrected chi connectivity index (χ3v) is 5.82. The smallest absolute Gasteiger partial charge is 0.305 e. The van der Waals surface area contributed by atoms with Gasteiger partial charge in [0.15, 0.2) is 0 Å². The predicted octanol–water partition coefficient (Wildman–Crippen LogP) is 5.82. The van der Waals surface area contributed by atoms with Gasteiger partial charge in [-0.15, -0.1) is 0 Å². The molecular weight excluding hydrogens is 366 g/mol. The van der Waals surface area contributed by atoms with Crippen LogP contribution < -0.4 is 0 Å². The fourth-order valence-corrected chi connectivity index (χ4v) is 4.08. The highest BCUT2D eigenvalue weighted by Gasteiger charge is 2.39. The van der Waals surface area contributed by atoms with Crippen molar-refractivity contribution >= 4 is 17.5 Å². The Labute approximate surface area is 167 Å². The predicted molar refractivity (Wildman–Crippen MR) is 104 cm³/mol. The van der Waals surface area contributed by atoms with Crippen LogP contribution in [-0.4, -0.2) is 28.6 Å². The average Bonchev–Trinajstić information content (AvgIpc) is 2.95. The number of hydrogen-bond donors (Lipinski definition) is 1. The molecule has 0 saturated heterocycles. The lowest BCUT2D eigenvalue weighted by Crippen LogP contribution is -2.29. The van der Waals surface area contributed by atoms with Crippen molar-refractivity contribution in [3.8, 4) is 0 Å². The lowest BCUT2D eigenvalue weighted by atomic mass is 9.85. The van der Waals surface area contributed by atoms with Crippen LogP contribution in [0.25, 0.3) is 0 Å². The van der Waals surface area contributed by atoms with Crippen LogP contribution in [0.15, 0.2) is 0 Å². The molecule has 28 heavy (non-hydrogen) atoms. The van der Waals surface area contributed by atoms with Crippen LogP contribution in [0.5, 0.6) is 0 Å². The van der Waals surface area contributed by atoms with Crippen LogP contribution in [0, 0.1) is 17.8 Å². The summed E-state index contributed by atoms with van der Waals surface area (Å²) < 4.78 is 28.1. The molecule has 0 spiro atoms. The number of carboxylic acids is 1. The second-order valence-corrected chi connectivity index (χ2v) is 8.67. The molecule has 1 N–H and O–H groups in total. The fourth-order valence-electron chi connectivity index (χ4n) is 4.08. The first-order valence-corrected chi connectivity index (χ1v) is 10.8. The van der Waals surface area contributed by atoms with E-state index in [0.29, 0.717) is 44.4 Å². The summed E-state index contributed by atoms with van der Waals surface area (Å²) in [6, 6.07) is 0. The Morgan fingerprint density at radius 2 is 1.75 bits per heavy atom. The van der Waals surface area contributed by atoms with Gasteiger partial charge in [-0.05, 0) is 43.9 Å². The van der Waals surface area contributed by atoms with E-state index in [1.54, 1.807) is 0 Å². The second-order valence-electron chi connectivity index (χ2n) is 8.67. The largest absolute Gasteiger partial charge is 0.481 e. The molecule has 1 aliphatic carbocycles. The molecule has 0 bridgehead atoms. The molecule has 4 nitrogen and oxygen atoms in total. The molecule has 0 aliphatic heterocycles. The average molecular weight is 403 g/mol. The number of hydrogen-bond acceptors (Lipinski definition) is 3. The third kappa shape index (κ3) is 9.24. The first-order chi connectivity index (χ1) is 13.1. The van der Waals surface area contributed by atoms with Gasteiger partial charge in [-0.2, -0.15) is 8.78 Å². The molecule has 0 unspecified atom stereocenters. The number of aliphatic carboxylic acids is 1. The molecule has 1 rings (SSSR count). The summed E-state index contributed by atoms with van der Waals surface area (Å²) in [6.45, 7) is 3.95. The van der Waals surface area contributed by atoms with Gasteiger partial charge in [-0.1, -0.05) is 39.5 Å². The van der Waals surface area contributed by atoms with Crippen molar-refractivity contribution in [1.82, 2.24) is 0 Å². The van der Waals surface area contributed by atoms with Gasteiger partial charge in [-0.3, -0.25) is 14.4 Å². The summed E-state index contributed by atoms with van der Waals surface area (Å²) in [7, 11) is 0. The minimum atomic E-state index is -3.25. The van der Waals surface area contributed by atoms with Gasteiger partial charge < -0.3 is 5.11 Å². The van der Waals surface area contributed by atoms with Gasteiger partial charge in [0.1, 0.15) is 5.78 Å². The molecule has 1 aliphatic rings. The van der Waals surface area contributed by atoms with Crippen LogP contribution in [0.1, 0.15) is 97.3 Å². The minimum absolute atomic E-state index is 0.0296. The summed E-state index contributed by atoms with van der Waals surface area (Å²) in [5.74, 6) is -4.59. The number of unbranched alkanes of at least 4 members (excludes halogenated alkanes) is 3. The first-order valence-electron chi connectivity index (χ1n) is 10.8. The standard InChI is InChI=1S/C22H36F2O4/c1-16(2)8-7-15-22(23,24)20(26)14-12-17-11-13-19(25)18(17)9-5-3-4-6-10-21(27)28/h16-18H,3-15H2,1-2H3,(H,27,28)/t17-,18-/m1/s1. The maximum Gasteiger partial charge on any atom is 0.305 e. The van der Waals surface area contributed by atoms with Crippen molar-refractivity contribution < 1.29 is 28.3 Å². The zero-order valence-electron chi connectivity index (χ0n) is 17.4. The zero-order chi connectivity index (χ0) is 21.2. The van der Waals surface area contributed by atoms with Crippen LogP contribution >= 0.6 is 0 Å². The molecule has 0 heterocycles. The Bertz CT molecular complexity index is 517. The highest BCUT2D eigenvalue weighted by Crippen LogP contribution is 2.37. The molecule has 0 amide bonds. The number of halogens is 2. The number of carbonyl (C=O) groups is 3. The van der Waals surface area contributed by atoms with Crippen molar-refractivity contribution in [1.29, 1.82) is 0 Å². The Kier molecular flexibility index (Phi) is 10.8. The van der Waals surface area contributed by atoms with Crippen molar-refractivity contribution in [2.45, 2.75) is 103 Å². The van der Waals surface area contributed by atoms with Crippen molar-refractivity contribution in [2.75, 3.05) is 0 Å². The van der Waals surface area contributed by atoms with Crippen LogP contribution in [0.2, 0.25) is 0 Å². The molecule has 0 aromatic rings. The molecule has 1 fully saturated rings. The van der Waals surface area contributed by atoms with E-state index in [1.807, 2.05) is 13.8 Å². The summed E-state index contributed by atoms with van der Waals surface area (Å²) >= 11 is 0. The number of carboxylic acid groups (broad SMARTS) is 1. The molecule has 2 atom stereocenters. The van der Waals surface area contributed by atoms with Gasteiger partial charge in [0, 0.05) is 31.6 Å². The second kappa shape index (κ2) is 12.3. The van der Waals surface area contributed by atoms with E-state index in [2.05, 4.69) is 0 Å². The number of Topliss-reactive ketones (excluding diaryl/α,β-unsaturated/α-hetero) is 2. The maximum atomic E-state index is 14.0. The van der Waals surface area contributed by atoms with Gasteiger partial charge in [0.2, 0.25) is 5.78 Å². The monoisotopic (exact) mass is 402 g/mol. The number of alkyl halides is 2. The molecule has 6 heteroatoms. The van der Waals surface area contributed by atoms with E-state index >= 15 is 0 Å². The van der Waals surface area contributed by atoms with Crippen molar-refractivity contribution in [3.63, 3.8) is 0 Å². The van der Waals surface area contributed by atoms with Crippen LogP contribution in [-0.2, 0) is 14.4 Å². The molecule has 0 aromatic carbocycles. The Hall–Kier alpha value is -1.33. The van der Waals surface area contributed by atoms with Crippen molar-refractivity contribution in [2.24, 2.45) is 17.8 Å². The highest BCUT2D eigenvalue weighted by molar-refractivity contribution is 5.86. The van der Waals surface area contributed by atoms with Gasteiger partial charge in [-0.25, -0.2) is 0 Å². The van der Waals surface area contributed by atoms with Gasteiger partial charge in [0.25, 0.3) is 0 Å². The molecule has 0 aromatic heterocycles. The molecular formula is C22H36F2O4. The van der Waals surface area contributed by atoms with Gasteiger partial charge in [0.05, 0.1) is 0 Å². The van der Waals surface area contributed by atoms with Crippen molar-refractivity contribution in [3.05, 3.63) is 0 Å². The number of rotatable bonds is 15. The van der Waals surface area contributed by atoms with Gasteiger partial charge >= 0.3 is 11.9 Å².